The molecule has 0 aliphatic heterocycles. The molecular formula is C24H49N7O6. The maximum atomic E-state index is 12.8. The minimum Gasteiger partial charge on any atom is -0.396 e. The molecule has 13 nitrogen and oxygen atoms in total. The third kappa shape index (κ3) is 20.6. The molecule has 0 saturated heterocycles. The number of ketones is 1. The van der Waals surface area contributed by atoms with Crippen molar-refractivity contribution in [2.24, 2.45) is 23.3 Å². The summed E-state index contributed by atoms with van der Waals surface area (Å²) in [5.41, 5.74) is 10.8. The van der Waals surface area contributed by atoms with Gasteiger partial charge in [0.25, 0.3) is 0 Å². The fourth-order valence-electron chi connectivity index (χ4n) is 3.34. The van der Waals surface area contributed by atoms with Gasteiger partial charge in [-0.15, -0.1) is 0 Å². The predicted molar refractivity (Wildman–Crippen MR) is 142 cm³/mol. The lowest BCUT2D eigenvalue weighted by atomic mass is 9.92. The Hall–Kier alpha value is -2.16. The summed E-state index contributed by atoms with van der Waals surface area (Å²) in [6.07, 6.45) is 0.834. The van der Waals surface area contributed by atoms with E-state index in [4.69, 9.17) is 21.3 Å². The number of Topliss-reactive ketones (excluding diaryl/α,β-unsaturated/α-hetero) is 1. The number of ether oxygens (including phenoxy) is 1. The smallest absolute Gasteiger partial charge is 0.224 e. The highest BCUT2D eigenvalue weighted by atomic mass is 16.5. The minimum atomic E-state index is -0.837. The number of hydrogen-bond acceptors (Lipinski definition) is 10. The molecule has 0 fully saturated rings. The van der Waals surface area contributed by atoms with Gasteiger partial charge in [0.05, 0.1) is 5.92 Å². The van der Waals surface area contributed by atoms with Crippen molar-refractivity contribution >= 4 is 23.5 Å². The molecule has 0 aliphatic rings. The van der Waals surface area contributed by atoms with Gasteiger partial charge in [0.15, 0.2) is 0 Å². The Kier molecular flexibility index (Phi) is 22.8. The monoisotopic (exact) mass is 531 g/mol. The van der Waals surface area contributed by atoms with Gasteiger partial charge in [-0.1, -0.05) is 6.92 Å². The zero-order valence-corrected chi connectivity index (χ0v) is 22.3. The van der Waals surface area contributed by atoms with E-state index in [9.17, 15) is 19.2 Å². The SMILES string of the molecule is CC(CC(=O)CC(CC(=O)NCCNCCN)C(=O)NCCCOCCCO)C(=O)NCCNCCN. The van der Waals surface area contributed by atoms with E-state index < -0.39 is 11.8 Å². The average Bonchev–Trinajstić information content (AvgIpc) is 2.87. The second kappa shape index (κ2) is 24.2. The van der Waals surface area contributed by atoms with Crippen LogP contribution in [0.25, 0.3) is 0 Å². The third-order valence-electron chi connectivity index (χ3n) is 5.34. The molecule has 0 rings (SSSR count). The summed E-state index contributed by atoms with van der Waals surface area (Å²) in [5.74, 6) is -2.60. The molecule has 2 atom stereocenters. The summed E-state index contributed by atoms with van der Waals surface area (Å²) in [4.78, 5) is 50.1. The van der Waals surface area contributed by atoms with Crippen molar-refractivity contribution < 1.29 is 29.0 Å². The fourth-order valence-corrected chi connectivity index (χ4v) is 3.34. The molecule has 13 heteroatoms. The third-order valence-corrected chi connectivity index (χ3v) is 5.34. The van der Waals surface area contributed by atoms with Crippen LogP contribution < -0.4 is 38.1 Å². The Morgan fingerprint density at radius 2 is 1.32 bits per heavy atom. The van der Waals surface area contributed by atoms with Crippen LogP contribution in [0.2, 0.25) is 0 Å². The van der Waals surface area contributed by atoms with Gasteiger partial charge in [-0.05, 0) is 12.8 Å². The molecule has 0 saturated carbocycles. The number of aliphatic hydroxyl groups is 1. The van der Waals surface area contributed by atoms with Crippen LogP contribution in [0.3, 0.4) is 0 Å². The van der Waals surface area contributed by atoms with Crippen molar-refractivity contribution in [3.63, 3.8) is 0 Å². The van der Waals surface area contributed by atoms with Crippen molar-refractivity contribution in [1.29, 1.82) is 0 Å². The second-order valence-corrected chi connectivity index (χ2v) is 8.80. The normalized spacial score (nSPS) is 12.5. The summed E-state index contributed by atoms with van der Waals surface area (Å²) >= 11 is 0. The first-order chi connectivity index (χ1) is 17.8. The standard InChI is InChI=1S/C24H49N7O6/c1-19(23(35)31-12-10-28-8-5-26)16-21(33)17-20(18-22(34)29-11-9-27-7-4-25)24(36)30-6-2-14-37-15-3-13-32/h19-20,27-28,32H,2-18,25-26H2,1H3,(H,29,34)(H,30,36)(H,31,35). The first kappa shape index (κ1) is 34.8. The number of rotatable bonds is 25. The summed E-state index contributed by atoms with van der Waals surface area (Å²) in [6.45, 7) is 7.14. The highest BCUT2D eigenvalue weighted by Gasteiger charge is 2.26. The van der Waals surface area contributed by atoms with Gasteiger partial charge < -0.3 is 47.9 Å². The number of amides is 3. The molecule has 37 heavy (non-hydrogen) atoms. The van der Waals surface area contributed by atoms with Crippen LogP contribution >= 0.6 is 0 Å². The van der Waals surface area contributed by atoms with Crippen molar-refractivity contribution in [2.75, 3.05) is 78.7 Å². The molecule has 0 bridgehead atoms. The van der Waals surface area contributed by atoms with E-state index >= 15 is 0 Å². The lowest BCUT2D eigenvalue weighted by Gasteiger charge is -2.18. The quantitative estimate of drug-likeness (QED) is 0.0568. The zero-order valence-electron chi connectivity index (χ0n) is 22.3. The Morgan fingerprint density at radius 3 is 1.95 bits per heavy atom. The van der Waals surface area contributed by atoms with E-state index in [1.807, 2.05) is 0 Å². The van der Waals surface area contributed by atoms with Crippen LogP contribution in [-0.4, -0.2) is 107 Å². The Labute approximate surface area is 220 Å². The summed E-state index contributed by atoms with van der Waals surface area (Å²) < 4.78 is 5.34. The van der Waals surface area contributed by atoms with E-state index in [1.165, 1.54) is 0 Å². The van der Waals surface area contributed by atoms with Gasteiger partial charge in [-0.2, -0.15) is 0 Å². The molecule has 0 aromatic heterocycles. The lowest BCUT2D eigenvalue weighted by molar-refractivity contribution is -0.134. The maximum absolute atomic E-state index is 12.8. The fraction of sp³-hybridized carbons (Fsp3) is 0.833. The molecule has 0 aliphatic carbocycles. The predicted octanol–water partition coefficient (Wildman–Crippen LogP) is -2.79. The number of carbonyl (C=O) groups is 4. The molecule has 10 N–H and O–H groups in total. The molecule has 2 unspecified atom stereocenters. The van der Waals surface area contributed by atoms with Crippen molar-refractivity contribution in [1.82, 2.24) is 26.6 Å². The first-order valence-corrected chi connectivity index (χ1v) is 13.2. The number of aliphatic hydroxyl groups excluding tert-OH is 1. The molecule has 3 amide bonds. The van der Waals surface area contributed by atoms with E-state index in [1.54, 1.807) is 6.92 Å². The Morgan fingerprint density at radius 1 is 0.730 bits per heavy atom. The maximum Gasteiger partial charge on any atom is 0.224 e. The molecule has 0 radical (unpaired) electrons. The van der Waals surface area contributed by atoms with Gasteiger partial charge in [-0.3, -0.25) is 19.2 Å². The second-order valence-electron chi connectivity index (χ2n) is 8.80. The number of nitrogens with two attached hydrogens (primary N) is 2. The largest absolute Gasteiger partial charge is 0.396 e. The number of carbonyl (C=O) groups excluding carboxylic acids is 4. The van der Waals surface area contributed by atoms with Gasteiger partial charge in [-0.25, -0.2) is 0 Å². The topological polar surface area (TPSA) is 210 Å². The molecule has 0 spiro atoms. The Bertz CT molecular complexity index is 639. The molecular weight excluding hydrogens is 482 g/mol. The van der Waals surface area contributed by atoms with Gasteiger partial charge in [0.1, 0.15) is 5.78 Å². The van der Waals surface area contributed by atoms with Gasteiger partial charge >= 0.3 is 0 Å². The van der Waals surface area contributed by atoms with E-state index in [-0.39, 0.29) is 49.4 Å². The van der Waals surface area contributed by atoms with Crippen molar-refractivity contribution in [2.45, 2.75) is 39.0 Å². The summed E-state index contributed by atoms with van der Waals surface area (Å²) in [7, 11) is 0. The first-order valence-electron chi connectivity index (χ1n) is 13.2. The molecule has 216 valence electrons. The zero-order chi connectivity index (χ0) is 27.7. The highest BCUT2D eigenvalue weighted by molar-refractivity contribution is 5.92. The van der Waals surface area contributed by atoms with Crippen LogP contribution in [0.1, 0.15) is 39.0 Å². The van der Waals surface area contributed by atoms with Gasteiger partial charge in [0.2, 0.25) is 17.7 Å². The molecule has 0 aromatic carbocycles. The van der Waals surface area contributed by atoms with Crippen LogP contribution in [-0.2, 0) is 23.9 Å². The average molecular weight is 532 g/mol. The van der Waals surface area contributed by atoms with Crippen molar-refractivity contribution in [3.05, 3.63) is 0 Å². The van der Waals surface area contributed by atoms with E-state index in [0.717, 1.165) is 0 Å². The highest BCUT2D eigenvalue weighted by Crippen LogP contribution is 2.14. The van der Waals surface area contributed by atoms with Crippen LogP contribution in [0.4, 0.5) is 0 Å². The summed E-state index contributed by atoms with van der Waals surface area (Å²) in [6, 6.07) is 0. The number of nitrogens with one attached hydrogen (secondary N) is 5. The summed E-state index contributed by atoms with van der Waals surface area (Å²) in [5, 5.41) is 23.2. The van der Waals surface area contributed by atoms with Gasteiger partial charge in [0, 0.05) is 104 Å². The Balaban J connectivity index is 4.71. The number of hydrogen-bond donors (Lipinski definition) is 8. The van der Waals surface area contributed by atoms with E-state index in [2.05, 4.69) is 26.6 Å². The van der Waals surface area contributed by atoms with Crippen LogP contribution in [0, 0.1) is 11.8 Å². The van der Waals surface area contributed by atoms with Crippen molar-refractivity contribution in [3.8, 4) is 0 Å². The van der Waals surface area contributed by atoms with Crippen LogP contribution in [0.15, 0.2) is 0 Å². The van der Waals surface area contributed by atoms with E-state index in [0.29, 0.717) is 85.0 Å². The minimum absolute atomic E-state index is 0.0187. The molecule has 0 heterocycles. The molecule has 0 aromatic rings. The lowest BCUT2D eigenvalue weighted by Crippen LogP contribution is -2.39. The van der Waals surface area contributed by atoms with Crippen LogP contribution in [0.5, 0.6) is 0 Å².